The van der Waals surface area contributed by atoms with E-state index in [9.17, 15) is 18.0 Å². The van der Waals surface area contributed by atoms with E-state index in [4.69, 9.17) is 0 Å². The molecule has 7 heteroatoms. The first-order chi connectivity index (χ1) is 7.84. The average Bonchev–Trinajstić information content (AvgIpc) is 2.20. The number of hydrogen-bond donors (Lipinski definition) is 1. The molecule has 0 heterocycles. The van der Waals surface area contributed by atoms with E-state index in [0.29, 0.717) is 4.47 Å². The molecule has 0 saturated heterocycles. The summed E-state index contributed by atoms with van der Waals surface area (Å²) < 4.78 is 42.2. The van der Waals surface area contributed by atoms with Crippen molar-refractivity contribution >= 4 is 27.7 Å². The van der Waals surface area contributed by atoms with Crippen LogP contribution in [-0.4, -0.2) is 12.7 Å². The van der Waals surface area contributed by atoms with Gasteiger partial charge in [0.15, 0.2) is 0 Å². The normalized spacial score (nSPS) is 11.1. The second-order valence-electron chi connectivity index (χ2n) is 3.04. The van der Waals surface area contributed by atoms with Gasteiger partial charge in [0, 0.05) is 4.47 Å². The summed E-state index contributed by atoms with van der Waals surface area (Å²) in [4.78, 5) is 11.1. The van der Waals surface area contributed by atoms with Gasteiger partial charge in [0.25, 0.3) is 0 Å². The number of carbonyl (C=O) groups excluding carboxylic acids is 1. The SMILES string of the molecule is CCOC(=O)Nc1cc(C(F)(F)F)ccc1Br. The number of rotatable bonds is 2. The molecule has 0 bridgehead atoms. The lowest BCUT2D eigenvalue weighted by molar-refractivity contribution is -0.137. The second-order valence-corrected chi connectivity index (χ2v) is 3.89. The molecule has 94 valence electrons. The fourth-order valence-corrected chi connectivity index (χ4v) is 1.42. The van der Waals surface area contributed by atoms with Crippen LogP contribution in [0.25, 0.3) is 0 Å². The minimum Gasteiger partial charge on any atom is -0.450 e. The Morgan fingerprint density at radius 2 is 2.12 bits per heavy atom. The monoisotopic (exact) mass is 311 g/mol. The summed E-state index contributed by atoms with van der Waals surface area (Å²) in [5.74, 6) is 0. The molecule has 0 saturated carbocycles. The van der Waals surface area contributed by atoms with Gasteiger partial charge in [0.1, 0.15) is 0 Å². The van der Waals surface area contributed by atoms with Crippen molar-refractivity contribution in [3.05, 3.63) is 28.2 Å². The largest absolute Gasteiger partial charge is 0.450 e. The van der Waals surface area contributed by atoms with Crippen molar-refractivity contribution in [1.82, 2.24) is 0 Å². The minimum absolute atomic E-state index is 0.0123. The van der Waals surface area contributed by atoms with Gasteiger partial charge in [-0.05, 0) is 41.1 Å². The third-order valence-electron chi connectivity index (χ3n) is 1.81. The molecule has 0 spiro atoms. The molecule has 0 unspecified atom stereocenters. The highest BCUT2D eigenvalue weighted by Gasteiger charge is 2.31. The van der Waals surface area contributed by atoms with Crippen LogP contribution in [0.5, 0.6) is 0 Å². The van der Waals surface area contributed by atoms with Gasteiger partial charge >= 0.3 is 12.3 Å². The van der Waals surface area contributed by atoms with Crippen LogP contribution in [-0.2, 0) is 10.9 Å². The summed E-state index contributed by atoms with van der Waals surface area (Å²) in [6, 6.07) is 2.96. The smallest absolute Gasteiger partial charge is 0.416 e. The average molecular weight is 312 g/mol. The summed E-state index contributed by atoms with van der Waals surface area (Å²) in [5.41, 5.74) is -0.828. The Bertz CT molecular complexity index is 421. The number of amides is 1. The van der Waals surface area contributed by atoms with Gasteiger partial charge in [-0.2, -0.15) is 13.2 Å². The first kappa shape index (κ1) is 13.8. The van der Waals surface area contributed by atoms with Crippen LogP contribution < -0.4 is 5.32 Å². The highest BCUT2D eigenvalue weighted by molar-refractivity contribution is 9.10. The molecule has 0 aliphatic carbocycles. The second kappa shape index (κ2) is 5.39. The summed E-state index contributed by atoms with van der Waals surface area (Å²) in [6.07, 6.45) is -5.25. The van der Waals surface area contributed by atoms with Crippen molar-refractivity contribution in [2.24, 2.45) is 0 Å². The zero-order valence-electron chi connectivity index (χ0n) is 8.77. The Morgan fingerprint density at radius 3 is 2.65 bits per heavy atom. The lowest BCUT2D eigenvalue weighted by atomic mass is 10.2. The predicted molar refractivity (Wildman–Crippen MR) is 59.8 cm³/mol. The van der Waals surface area contributed by atoms with Crippen molar-refractivity contribution in [3.8, 4) is 0 Å². The van der Waals surface area contributed by atoms with Crippen molar-refractivity contribution in [3.63, 3.8) is 0 Å². The molecule has 0 radical (unpaired) electrons. The van der Waals surface area contributed by atoms with Crippen LogP contribution in [0.15, 0.2) is 22.7 Å². The molecule has 0 fully saturated rings. The number of alkyl halides is 3. The molecule has 1 aromatic carbocycles. The number of benzene rings is 1. The third-order valence-corrected chi connectivity index (χ3v) is 2.50. The fourth-order valence-electron chi connectivity index (χ4n) is 1.07. The molecule has 3 nitrogen and oxygen atoms in total. The molecular formula is C10H9BrF3NO2. The van der Waals surface area contributed by atoms with Gasteiger partial charge in [-0.3, -0.25) is 5.32 Å². The molecule has 0 aliphatic rings. The molecule has 1 amide bonds. The minimum atomic E-state index is -4.45. The first-order valence-corrected chi connectivity index (χ1v) is 5.44. The molecule has 17 heavy (non-hydrogen) atoms. The van der Waals surface area contributed by atoms with Crippen LogP contribution in [0, 0.1) is 0 Å². The van der Waals surface area contributed by atoms with Crippen LogP contribution >= 0.6 is 15.9 Å². The van der Waals surface area contributed by atoms with Crippen LogP contribution in [0.3, 0.4) is 0 Å². The van der Waals surface area contributed by atoms with Crippen molar-refractivity contribution in [2.75, 3.05) is 11.9 Å². The quantitative estimate of drug-likeness (QED) is 0.895. The Kier molecular flexibility index (Phi) is 4.39. The molecule has 1 aromatic rings. The lowest BCUT2D eigenvalue weighted by Gasteiger charge is -2.11. The van der Waals surface area contributed by atoms with Gasteiger partial charge in [-0.15, -0.1) is 0 Å². The zero-order chi connectivity index (χ0) is 13.1. The molecule has 0 aliphatic heterocycles. The summed E-state index contributed by atoms with van der Waals surface area (Å²) in [7, 11) is 0. The number of ether oxygens (including phenoxy) is 1. The van der Waals surface area contributed by atoms with Crippen molar-refractivity contribution < 1.29 is 22.7 Å². The number of nitrogens with one attached hydrogen (secondary N) is 1. The maximum atomic E-state index is 12.4. The number of halogens is 4. The Morgan fingerprint density at radius 1 is 1.47 bits per heavy atom. The third kappa shape index (κ3) is 3.92. The zero-order valence-corrected chi connectivity index (χ0v) is 10.4. The van der Waals surface area contributed by atoms with E-state index < -0.39 is 17.8 Å². The highest BCUT2D eigenvalue weighted by Crippen LogP contribution is 2.33. The number of anilines is 1. The molecule has 0 atom stereocenters. The number of hydrogen-bond acceptors (Lipinski definition) is 2. The van der Waals surface area contributed by atoms with Crippen LogP contribution in [0.1, 0.15) is 12.5 Å². The molecular weight excluding hydrogens is 303 g/mol. The number of carbonyl (C=O) groups is 1. The van der Waals surface area contributed by atoms with Gasteiger partial charge in [-0.1, -0.05) is 0 Å². The summed E-state index contributed by atoms with van der Waals surface area (Å²) in [5, 5.41) is 2.22. The van der Waals surface area contributed by atoms with E-state index in [2.05, 4.69) is 26.0 Å². The van der Waals surface area contributed by atoms with E-state index in [0.717, 1.165) is 12.1 Å². The van der Waals surface area contributed by atoms with Gasteiger partial charge in [0.2, 0.25) is 0 Å². The van der Waals surface area contributed by atoms with E-state index in [1.165, 1.54) is 6.07 Å². The van der Waals surface area contributed by atoms with E-state index in [1.807, 2.05) is 0 Å². The first-order valence-electron chi connectivity index (χ1n) is 4.65. The van der Waals surface area contributed by atoms with Crippen molar-refractivity contribution in [2.45, 2.75) is 13.1 Å². The van der Waals surface area contributed by atoms with Gasteiger partial charge in [-0.25, -0.2) is 4.79 Å². The summed E-state index contributed by atoms with van der Waals surface area (Å²) in [6.45, 7) is 1.74. The van der Waals surface area contributed by atoms with E-state index >= 15 is 0 Å². The van der Waals surface area contributed by atoms with Gasteiger partial charge in [0.05, 0.1) is 17.9 Å². The Hall–Kier alpha value is -1.24. The maximum Gasteiger partial charge on any atom is 0.416 e. The standard InChI is InChI=1S/C10H9BrF3NO2/c1-2-17-9(16)15-8-5-6(10(12,13)14)3-4-7(8)11/h3-5H,2H2,1H3,(H,15,16). The predicted octanol–water partition coefficient (Wildman–Crippen LogP) is 4.04. The lowest BCUT2D eigenvalue weighted by Crippen LogP contribution is -2.14. The van der Waals surface area contributed by atoms with Crippen molar-refractivity contribution in [1.29, 1.82) is 0 Å². The molecule has 1 rings (SSSR count). The highest BCUT2D eigenvalue weighted by atomic mass is 79.9. The topological polar surface area (TPSA) is 38.3 Å². The van der Waals surface area contributed by atoms with E-state index in [1.54, 1.807) is 6.92 Å². The Balaban J connectivity index is 2.95. The van der Waals surface area contributed by atoms with E-state index in [-0.39, 0.29) is 12.3 Å². The molecule has 1 N–H and O–H groups in total. The molecule has 0 aromatic heterocycles. The summed E-state index contributed by atoms with van der Waals surface area (Å²) >= 11 is 3.04. The Labute approximate surface area is 104 Å². The maximum absolute atomic E-state index is 12.4. The van der Waals surface area contributed by atoms with Crippen LogP contribution in [0.2, 0.25) is 0 Å². The van der Waals surface area contributed by atoms with Gasteiger partial charge < -0.3 is 4.74 Å². The fraction of sp³-hybridized carbons (Fsp3) is 0.300. The van der Waals surface area contributed by atoms with Crippen LogP contribution in [0.4, 0.5) is 23.7 Å².